The molecule has 0 aliphatic carbocycles. The third-order valence-electron chi connectivity index (χ3n) is 3.55. The number of nitro groups is 1. The smallest absolute Gasteiger partial charge is 0.310 e. The number of nitrogens with zero attached hydrogens (tertiary/aromatic N) is 3. The van der Waals surface area contributed by atoms with E-state index in [4.69, 9.17) is 5.73 Å². The summed E-state index contributed by atoms with van der Waals surface area (Å²) in [6.07, 6.45) is 4.37. The molecule has 1 unspecified atom stereocenters. The fourth-order valence-corrected chi connectivity index (χ4v) is 2.54. The van der Waals surface area contributed by atoms with Gasteiger partial charge in [0.2, 0.25) is 5.91 Å². The highest BCUT2D eigenvalue weighted by atomic mass is 16.6. The molecule has 3 N–H and O–H groups in total. The number of carbonyl (C=O) groups is 1. The Morgan fingerprint density at radius 2 is 2.43 bits per heavy atom. The minimum atomic E-state index is -0.444. The van der Waals surface area contributed by atoms with Gasteiger partial charge in [-0.15, -0.1) is 0 Å². The molecule has 2 heterocycles. The van der Waals surface area contributed by atoms with Gasteiger partial charge in [-0.25, -0.2) is 0 Å². The lowest BCUT2D eigenvalue weighted by molar-refractivity contribution is -0.384. The van der Waals surface area contributed by atoms with Crippen molar-refractivity contribution in [3.8, 4) is 0 Å². The number of amides is 1. The first-order chi connectivity index (χ1) is 10.1. The summed E-state index contributed by atoms with van der Waals surface area (Å²) in [6, 6.07) is 1.62. The molecule has 1 aliphatic rings. The Balaban J connectivity index is 2.11. The minimum Gasteiger partial charge on any atom is -0.365 e. The van der Waals surface area contributed by atoms with Gasteiger partial charge in [0.25, 0.3) is 0 Å². The highest BCUT2D eigenvalue weighted by molar-refractivity contribution is 5.80. The zero-order chi connectivity index (χ0) is 15.2. The van der Waals surface area contributed by atoms with Crippen LogP contribution in [0.3, 0.4) is 0 Å². The summed E-state index contributed by atoms with van der Waals surface area (Å²) in [5, 5.41) is 13.8. The van der Waals surface area contributed by atoms with Crippen LogP contribution in [0.5, 0.6) is 0 Å². The molecule has 1 aliphatic heterocycles. The van der Waals surface area contributed by atoms with Crippen LogP contribution in [0.25, 0.3) is 0 Å². The number of piperidine rings is 1. The molecule has 1 amide bonds. The second-order valence-electron chi connectivity index (χ2n) is 4.99. The SMILES string of the molecule is NCCNC(=O)C1CCCN(c2ccncc2[N+](=O)[O-])C1. The Kier molecular flexibility index (Phi) is 5.04. The van der Waals surface area contributed by atoms with Crippen molar-refractivity contribution in [3.05, 3.63) is 28.6 Å². The maximum atomic E-state index is 12.0. The van der Waals surface area contributed by atoms with E-state index in [1.165, 1.54) is 12.4 Å². The fourth-order valence-electron chi connectivity index (χ4n) is 2.54. The van der Waals surface area contributed by atoms with Crippen LogP contribution in [0, 0.1) is 16.0 Å². The van der Waals surface area contributed by atoms with Crippen molar-refractivity contribution in [2.45, 2.75) is 12.8 Å². The monoisotopic (exact) mass is 293 g/mol. The Hall–Kier alpha value is -2.22. The van der Waals surface area contributed by atoms with E-state index in [0.717, 1.165) is 12.8 Å². The van der Waals surface area contributed by atoms with Gasteiger partial charge in [-0.1, -0.05) is 0 Å². The van der Waals surface area contributed by atoms with Gasteiger partial charge in [-0.05, 0) is 18.9 Å². The fraction of sp³-hybridized carbons (Fsp3) is 0.538. The molecule has 1 saturated heterocycles. The van der Waals surface area contributed by atoms with Gasteiger partial charge >= 0.3 is 5.69 Å². The number of pyridine rings is 1. The summed E-state index contributed by atoms with van der Waals surface area (Å²) < 4.78 is 0. The number of aromatic nitrogens is 1. The molecule has 2 rings (SSSR count). The lowest BCUT2D eigenvalue weighted by Gasteiger charge is -2.33. The molecule has 0 bridgehead atoms. The zero-order valence-corrected chi connectivity index (χ0v) is 11.7. The predicted molar refractivity (Wildman–Crippen MR) is 77.9 cm³/mol. The summed E-state index contributed by atoms with van der Waals surface area (Å²) in [4.78, 5) is 28.3. The number of nitrogens with two attached hydrogens (primary N) is 1. The van der Waals surface area contributed by atoms with Gasteiger partial charge in [-0.3, -0.25) is 19.9 Å². The van der Waals surface area contributed by atoms with Crippen molar-refractivity contribution in [1.29, 1.82) is 0 Å². The van der Waals surface area contributed by atoms with Crippen molar-refractivity contribution in [1.82, 2.24) is 10.3 Å². The van der Waals surface area contributed by atoms with Gasteiger partial charge < -0.3 is 16.0 Å². The van der Waals surface area contributed by atoms with Gasteiger partial charge in [0.15, 0.2) is 0 Å². The summed E-state index contributed by atoms with van der Waals surface area (Å²) in [6.45, 7) is 2.02. The normalized spacial score (nSPS) is 18.3. The van der Waals surface area contributed by atoms with E-state index in [-0.39, 0.29) is 17.5 Å². The Morgan fingerprint density at radius 1 is 1.62 bits per heavy atom. The lowest BCUT2D eigenvalue weighted by Crippen LogP contribution is -2.44. The molecule has 1 atom stereocenters. The van der Waals surface area contributed by atoms with E-state index < -0.39 is 4.92 Å². The largest absolute Gasteiger partial charge is 0.365 e. The van der Waals surface area contributed by atoms with Crippen molar-refractivity contribution in [2.75, 3.05) is 31.1 Å². The maximum Gasteiger partial charge on any atom is 0.310 e. The highest BCUT2D eigenvalue weighted by Gasteiger charge is 2.29. The van der Waals surface area contributed by atoms with Crippen LogP contribution in [0.1, 0.15) is 12.8 Å². The summed E-state index contributed by atoms with van der Waals surface area (Å²) in [5.74, 6) is -0.208. The molecule has 8 nitrogen and oxygen atoms in total. The standard InChI is InChI=1S/C13H19N5O3/c14-4-6-16-13(19)10-2-1-7-17(9-10)11-3-5-15-8-12(11)18(20)21/h3,5,8,10H,1-2,4,6-7,9,14H2,(H,16,19). The number of carbonyl (C=O) groups excluding carboxylic acids is 1. The zero-order valence-electron chi connectivity index (χ0n) is 11.7. The molecule has 114 valence electrons. The van der Waals surface area contributed by atoms with Gasteiger partial charge in [-0.2, -0.15) is 0 Å². The maximum absolute atomic E-state index is 12.0. The van der Waals surface area contributed by atoms with Crippen LogP contribution >= 0.6 is 0 Å². The third-order valence-corrected chi connectivity index (χ3v) is 3.55. The third kappa shape index (κ3) is 3.66. The molecule has 0 spiro atoms. The van der Waals surface area contributed by atoms with Crippen LogP contribution in [0.15, 0.2) is 18.5 Å². The van der Waals surface area contributed by atoms with E-state index in [1.807, 2.05) is 4.90 Å². The first-order valence-electron chi connectivity index (χ1n) is 6.94. The second kappa shape index (κ2) is 6.98. The van der Waals surface area contributed by atoms with Crippen LogP contribution in [0.2, 0.25) is 0 Å². The van der Waals surface area contributed by atoms with E-state index >= 15 is 0 Å². The molecule has 0 aromatic carbocycles. The van der Waals surface area contributed by atoms with Crippen molar-refractivity contribution in [3.63, 3.8) is 0 Å². The average molecular weight is 293 g/mol. The number of anilines is 1. The summed E-state index contributed by atoms with van der Waals surface area (Å²) in [7, 11) is 0. The van der Waals surface area contributed by atoms with Crippen LogP contribution < -0.4 is 16.0 Å². The Bertz CT molecular complexity index is 522. The van der Waals surface area contributed by atoms with Crippen LogP contribution in [-0.2, 0) is 4.79 Å². The van der Waals surface area contributed by atoms with Crippen molar-refractivity contribution in [2.24, 2.45) is 11.7 Å². The van der Waals surface area contributed by atoms with E-state index in [9.17, 15) is 14.9 Å². The molecule has 8 heteroatoms. The minimum absolute atomic E-state index is 0.0273. The summed E-state index contributed by atoms with van der Waals surface area (Å²) >= 11 is 0. The molecular weight excluding hydrogens is 274 g/mol. The summed E-state index contributed by atoms with van der Waals surface area (Å²) in [5.41, 5.74) is 5.86. The number of nitrogens with one attached hydrogen (secondary N) is 1. The Morgan fingerprint density at radius 3 is 3.14 bits per heavy atom. The number of hydrogen-bond acceptors (Lipinski definition) is 6. The first-order valence-corrected chi connectivity index (χ1v) is 6.94. The van der Waals surface area contributed by atoms with Crippen LogP contribution in [-0.4, -0.2) is 42.0 Å². The van der Waals surface area contributed by atoms with Gasteiger partial charge in [0.1, 0.15) is 11.9 Å². The topological polar surface area (TPSA) is 114 Å². The van der Waals surface area contributed by atoms with Gasteiger partial charge in [0, 0.05) is 32.4 Å². The molecule has 0 radical (unpaired) electrons. The molecular formula is C13H19N5O3. The molecule has 1 fully saturated rings. The Labute approximate surface area is 122 Å². The number of hydrogen-bond donors (Lipinski definition) is 2. The number of rotatable bonds is 5. The molecule has 21 heavy (non-hydrogen) atoms. The van der Waals surface area contributed by atoms with E-state index in [1.54, 1.807) is 6.07 Å². The molecule has 1 aromatic rings. The van der Waals surface area contributed by atoms with Crippen molar-refractivity contribution >= 4 is 17.3 Å². The lowest BCUT2D eigenvalue weighted by atomic mass is 9.96. The predicted octanol–water partition coefficient (Wildman–Crippen LogP) is 0.281. The molecule has 0 saturated carbocycles. The van der Waals surface area contributed by atoms with E-state index in [2.05, 4.69) is 10.3 Å². The second-order valence-corrected chi connectivity index (χ2v) is 4.99. The van der Waals surface area contributed by atoms with Gasteiger partial charge in [0.05, 0.1) is 10.8 Å². The van der Waals surface area contributed by atoms with E-state index in [0.29, 0.717) is 31.9 Å². The highest BCUT2D eigenvalue weighted by Crippen LogP contribution is 2.30. The first kappa shape index (κ1) is 15.2. The van der Waals surface area contributed by atoms with Crippen LogP contribution in [0.4, 0.5) is 11.4 Å². The quantitative estimate of drug-likeness (QED) is 0.595. The average Bonchev–Trinajstić information content (AvgIpc) is 2.52. The van der Waals surface area contributed by atoms with Crippen molar-refractivity contribution < 1.29 is 9.72 Å². The molecule has 1 aromatic heterocycles.